The topological polar surface area (TPSA) is 30.2 Å². The van der Waals surface area contributed by atoms with Crippen LogP contribution in [0.25, 0.3) is 0 Å². The third kappa shape index (κ3) is 1.81. The van der Waals surface area contributed by atoms with Crippen molar-refractivity contribution in [1.82, 2.24) is 0 Å². The summed E-state index contributed by atoms with van der Waals surface area (Å²) in [7, 11) is 0. The highest BCUT2D eigenvalue weighted by Crippen LogP contribution is 1.88. The number of nitrogens with zero attached hydrogens (tertiary/aromatic N) is 1. The Kier molecular flexibility index (Phi) is 2.80. The maximum atomic E-state index is 11.2. The van der Waals surface area contributed by atoms with Gasteiger partial charge >= 0.3 is 6.09 Å². The molecule has 1 rings (SSSR count). The zero-order valence-electron chi connectivity index (χ0n) is 7.28. The molecule has 0 N–H and O–H groups in total. The lowest BCUT2D eigenvalue weighted by Gasteiger charge is -1.96. The first kappa shape index (κ1) is 8.71. The van der Waals surface area contributed by atoms with Crippen molar-refractivity contribution in [2.24, 2.45) is 0 Å². The second kappa shape index (κ2) is 3.85. The van der Waals surface area contributed by atoms with E-state index in [0.29, 0.717) is 6.61 Å². The average Bonchev–Trinajstić information content (AvgIpc) is 2.05. The molecule has 0 aromatic carbocycles. The Morgan fingerprint density at radius 3 is 2.92 bits per heavy atom. The fraction of sp³-hybridized carbons (Fsp3) is 0.333. The van der Waals surface area contributed by atoms with Gasteiger partial charge in [0.15, 0.2) is 11.9 Å². The highest BCUT2D eigenvalue weighted by Gasteiger charge is 2.17. The van der Waals surface area contributed by atoms with Crippen LogP contribution < -0.4 is 4.57 Å². The number of hydrogen-bond acceptors (Lipinski definition) is 2. The van der Waals surface area contributed by atoms with Crippen molar-refractivity contribution in [1.29, 1.82) is 0 Å². The van der Waals surface area contributed by atoms with Gasteiger partial charge in [0.2, 0.25) is 0 Å². The zero-order valence-corrected chi connectivity index (χ0v) is 7.28. The highest BCUT2D eigenvalue weighted by atomic mass is 16.5. The number of hydrogen-bond donors (Lipinski definition) is 0. The Bertz CT molecular complexity index is 284. The van der Waals surface area contributed by atoms with E-state index in [9.17, 15) is 4.79 Å². The SMILES string of the molecule is CCOC(=O)[n+]1ccccc1C. The van der Waals surface area contributed by atoms with Gasteiger partial charge in [-0.05, 0) is 6.92 Å². The quantitative estimate of drug-likeness (QED) is 0.588. The van der Waals surface area contributed by atoms with Crippen LogP contribution in [-0.4, -0.2) is 12.7 Å². The molecule has 0 aliphatic heterocycles. The van der Waals surface area contributed by atoms with Crippen LogP contribution in [0.3, 0.4) is 0 Å². The Hall–Kier alpha value is -1.38. The predicted octanol–water partition coefficient (Wildman–Crippen LogP) is 1.29. The lowest BCUT2D eigenvalue weighted by Crippen LogP contribution is -2.45. The van der Waals surface area contributed by atoms with E-state index in [1.165, 1.54) is 4.57 Å². The fourth-order valence-corrected chi connectivity index (χ4v) is 0.926. The fourth-order valence-electron chi connectivity index (χ4n) is 0.926. The molecular formula is C9H12NO2+. The number of carbonyl (C=O) groups excluding carboxylic acids is 1. The third-order valence-corrected chi connectivity index (χ3v) is 1.53. The number of ether oxygens (including phenoxy) is 1. The van der Waals surface area contributed by atoms with Gasteiger partial charge < -0.3 is 4.74 Å². The molecular weight excluding hydrogens is 154 g/mol. The molecule has 0 amide bonds. The first-order chi connectivity index (χ1) is 5.75. The molecule has 1 heterocycles. The molecule has 0 radical (unpaired) electrons. The van der Waals surface area contributed by atoms with Crippen LogP contribution in [0.4, 0.5) is 4.79 Å². The Labute approximate surface area is 71.6 Å². The van der Waals surface area contributed by atoms with Crippen LogP contribution in [0.15, 0.2) is 24.4 Å². The molecule has 64 valence electrons. The zero-order chi connectivity index (χ0) is 8.97. The molecule has 0 spiro atoms. The minimum absolute atomic E-state index is 0.324. The minimum atomic E-state index is -0.324. The van der Waals surface area contributed by atoms with Gasteiger partial charge in [0, 0.05) is 19.1 Å². The normalized spacial score (nSPS) is 9.50. The van der Waals surface area contributed by atoms with Crippen LogP contribution >= 0.6 is 0 Å². The van der Waals surface area contributed by atoms with Crippen molar-refractivity contribution in [3.05, 3.63) is 30.1 Å². The lowest BCUT2D eigenvalue weighted by molar-refractivity contribution is -0.592. The Morgan fingerprint density at radius 1 is 1.58 bits per heavy atom. The maximum absolute atomic E-state index is 11.2. The molecule has 0 fully saturated rings. The summed E-state index contributed by atoms with van der Waals surface area (Å²) in [5.41, 5.74) is 0.871. The lowest BCUT2D eigenvalue weighted by atomic mass is 10.4. The molecule has 1 aromatic rings. The van der Waals surface area contributed by atoms with Crippen LogP contribution in [0.1, 0.15) is 12.6 Å². The van der Waals surface area contributed by atoms with E-state index in [-0.39, 0.29) is 6.09 Å². The summed E-state index contributed by atoms with van der Waals surface area (Å²) in [5.74, 6) is 0. The van der Waals surface area contributed by atoms with Gasteiger partial charge in [0.05, 0.1) is 6.61 Å². The first-order valence-corrected chi connectivity index (χ1v) is 3.90. The van der Waals surface area contributed by atoms with Gasteiger partial charge in [-0.15, -0.1) is 0 Å². The highest BCUT2D eigenvalue weighted by molar-refractivity contribution is 5.56. The summed E-state index contributed by atoms with van der Waals surface area (Å²) in [5, 5.41) is 0. The van der Waals surface area contributed by atoms with Crippen LogP contribution in [0, 0.1) is 6.92 Å². The largest absolute Gasteiger partial charge is 0.602 e. The van der Waals surface area contributed by atoms with Crippen molar-refractivity contribution in [2.45, 2.75) is 13.8 Å². The molecule has 0 aliphatic rings. The van der Waals surface area contributed by atoms with E-state index < -0.39 is 0 Å². The molecule has 0 aliphatic carbocycles. The summed E-state index contributed by atoms with van der Waals surface area (Å²) in [6.07, 6.45) is 1.36. The molecule has 1 aromatic heterocycles. The van der Waals surface area contributed by atoms with Crippen LogP contribution in [0.5, 0.6) is 0 Å². The van der Waals surface area contributed by atoms with E-state index >= 15 is 0 Å². The molecule has 0 atom stereocenters. The van der Waals surface area contributed by atoms with E-state index in [4.69, 9.17) is 4.74 Å². The molecule has 0 saturated heterocycles. The van der Waals surface area contributed by atoms with Gasteiger partial charge in [0.25, 0.3) is 0 Å². The van der Waals surface area contributed by atoms with Crippen molar-refractivity contribution in [3.8, 4) is 0 Å². The van der Waals surface area contributed by atoms with E-state index in [2.05, 4.69) is 0 Å². The standard InChI is InChI=1S/C9H12NO2/c1-3-12-9(11)10-7-5-4-6-8(10)2/h4-7H,3H2,1-2H3/q+1. The predicted molar refractivity (Wildman–Crippen MR) is 43.8 cm³/mol. The maximum Gasteiger partial charge on any atom is 0.602 e. The van der Waals surface area contributed by atoms with E-state index in [0.717, 1.165) is 5.69 Å². The van der Waals surface area contributed by atoms with Crippen molar-refractivity contribution >= 4 is 6.09 Å². The van der Waals surface area contributed by atoms with Crippen molar-refractivity contribution in [2.75, 3.05) is 6.61 Å². The number of rotatable bonds is 1. The molecule has 0 saturated carbocycles. The van der Waals surface area contributed by atoms with Crippen LogP contribution in [-0.2, 0) is 4.74 Å². The summed E-state index contributed by atoms with van der Waals surface area (Å²) in [4.78, 5) is 11.2. The third-order valence-electron chi connectivity index (χ3n) is 1.53. The summed E-state index contributed by atoms with van der Waals surface area (Å²) < 4.78 is 6.31. The molecule has 12 heavy (non-hydrogen) atoms. The number of aryl methyl sites for hydroxylation is 1. The molecule has 0 bridgehead atoms. The summed E-state index contributed by atoms with van der Waals surface area (Å²) in [6, 6.07) is 5.53. The number of carbonyl (C=O) groups is 1. The molecule has 3 heteroatoms. The molecule has 0 unspecified atom stereocenters. The Morgan fingerprint density at radius 2 is 2.33 bits per heavy atom. The minimum Gasteiger partial charge on any atom is -0.412 e. The van der Waals surface area contributed by atoms with Gasteiger partial charge in [-0.2, -0.15) is 4.79 Å². The summed E-state index contributed by atoms with van der Waals surface area (Å²) >= 11 is 0. The number of pyridine rings is 1. The van der Waals surface area contributed by atoms with Gasteiger partial charge in [-0.3, -0.25) is 0 Å². The van der Waals surface area contributed by atoms with Crippen LogP contribution in [0.2, 0.25) is 0 Å². The second-order valence-electron chi connectivity index (χ2n) is 2.41. The van der Waals surface area contributed by atoms with E-state index in [1.807, 2.05) is 19.1 Å². The summed E-state index contributed by atoms with van der Waals surface area (Å²) in [6.45, 7) is 4.05. The first-order valence-electron chi connectivity index (χ1n) is 3.90. The van der Waals surface area contributed by atoms with Crippen molar-refractivity contribution < 1.29 is 14.1 Å². The average molecular weight is 166 g/mol. The number of aromatic nitrogens is 1. The van der Waals surface area contributed by atoms with Gasteiger partial charge in [-0.1, -0.05) is 10.6 Å². The Balaban J connectivity index is 2.87. The smallest absolute Gasteiger partial charge is 0.412 e. The van der Waals surface area contributed by atoms with Gasteiger partial charge in [0.1, 0.15) is 0 Å². The second-order valence-corrected chi connectivity index (χ2v) is 2.41. The van der Waals surface area contributed by atoms with E-state index in [1.54, 1.807) is 19.2 Å². The van der Waals surface area contributed by atoms with Gasteiger partial charge in [-0.25, -0.2) is 0 Å². The monoisotopic (exact) mass is 166 g/mol. The van der Waals surface area contributed by atoms with Crippen molar-refractivity contribution in [3.63, 3.8) is 0 Å². The molecule has 3 nitrogen and oxygen atoms in total.